The van der Waals surface area contributed by atoms with Crippen LogP contribution in [0.25, 0.3) is 6.08 Å². The predicted octanol–water partition coefficient (Wildman–Crippen LogP) is 2.93. The van der Waals surface area contributed by atoms with Crippen molar-refractivity contribution >= 4 is 12.0 Å². The SMILES string of the molecule is COc1ccc(/C=C2\C(=O)OC[C@@H]2Cc2ccc3c(c2)OCO3)cc1O. The Labute approximate surface area is 150 Å². The number of rotatable bonds is 4. The maximum absolute atomic E-state index is 12.2. The number of methoxy groups -OCH3 is 1. The molecule has 0 bridgehead atoms. The average molecular weight is 354 g/mol. The average Bonchev–Trinajstić information content (AvgIpc) is 3.23. The molecule has 0 spiro atoms. The monoisotopic (exact) mass is 354 g/mol. The molecule has 2 aliphatic rings. The minimum atomic E-state index is -0.328. The number of phenolic OH excluding ortho intramolecular Hbond substituents is 1. The number of hydrogen-bond acceptors (Lipinski definition) is 6. The number of ether oxygens (including phenoxy) is 4. The molecule has 2 aromatic carbocycles. The Morgan fingerprint density at radius 2 is 2.00 bits per heavy atom. The van der Waals surface area contributed by atoms with Crippen molar-refractivity contribution in [3.63, 3.8) is 0 Å². The van der Waals surface area contributed by atoms with Crippen LogP contribution in [0.3, 0.4) is 0 Å². The normalized spacial score (nSPS) is 19.7. The summed E-state index contributed by atoms with van der Waals surface area (Å²) in [4.78, 5) is 12.2. The molecule has 0 aliphatic carbocycles. The summed E-state index contributed by atoms with van der Waals surface area (Å²) in [5.74, 6) is 1.48. The topological polar surface area (TPSA) is 74.2 Å². The van der Waals surface area contributed by atoms with Crippen LogP contribution in [0.15, 0.2) is 42.0 Å². The van der Waals surface area contributed by atoms with Crippen LogP contribution in [-0.4, -0.2) is 31.6 Å². The van der Waals surface area contributed by atoms with E-state index in [1.807, 2.05) is 18.2 Å². The van der Waals surface area contributed by atoms with Crippen molar-refractivity contribution in [2.45, 2.75) is 6.42 Å². The van der Waals surface area contributed by atoms with Crippen molar-refractivity contribution in [1.29, 1.82) is 0 Å². The first kappa shape index (κ1) is 16.3. The van der Waals surface area contributed by atoms with Crippen LogP contribution in [0.5, 0.6) is 23.0 Å². The molecule has 0 unspecified atom stereocenters. The number of carbonyl (C=O) groups is 1. The van der Waals surface area contributed by atoms with Gasteiger partial charge in [0.15, 0.2) is 23.0 Å². The van der Waals surface area contributed by atoms with Crippen molar-refractivity contribution < 1.29 is 28.8 Å². The molecule has 26 heavy (non-hydrogen) atoms. The Balaban J connectivity index is 1.58. The number of esters is 1. The van der Waals surface area contributed by atoms with E-state index in [4.69, 9.17) is 18.9 Å². The summed E-state index contributed by atoms with van der Waals surface area (Å²) < 4.78 is 21.0. The lowest BCUT2D eigenvalue weighted by Gasteiger charge is -2.10. The highest BCUT2D eigenvalue weighted by Crippen LogP contribution is 2.35. The second kappa shape index (κ2) is 6.63. The van der Waals surface area contributed by atoms with Gasteiger partial charge in [0.05, 0.1) is 13.7 Å². The van der Waals surface area contributed by atoms with Gasteiger partial charge in [-0.1, -0.05) is 12.1 Å². The molecule has 6 nitrogen and oxygen atoms in total. The van der Waals surface area contributed by atoms with Crippen molar-refractivity contribution in [2.75, 3.05) is 20.5 Å². The Kier molecular flexibility index (Phi) is 4.16. The van der Waals surface area contributed by atoms with Gasteiger partial charge in [0.1, 0.15) is 0 Å². The van der Waals surface area contributed by atoms with Crippen molar-refractivity contribution in [1.82, 2.24) is 0 Å². The van der Waals surface area contributed by atoms with Crippen LogP contribution in [-0.2, 0) is 16.0 Å². The third-order valence-corrected chi connectivity index (χ3v) is 4.54. The number of phenols is 1. The summed E-state index contributed by atoms with van der Waals surface area (Å²) in [5, 5.41) is 9.93. The van der Waals surface area contributed by atoms with Gasteiger partial charge in [-0.15, -0.1) is 0 Å². The molecule has 1 atom stereocenters. The standard InChI is InChI=1S/C20H18O6/c1-23-17-4-2-13(8-16(17)21)7-15-14(10-24-20(15)22)6-12-3-5-18-19(9-12)26-11-25-18/h2-5,7-9,14,21H,6,10-11H2,1H3/b15-7-/t14-/m0/s1. The van der Waals surface area contributed by atoms with Crippen LogP contribution in [0.1, 0.15) is 11.1 Å². The van der Waals surface area contributed by atoms with Gasteiger partial charge in [-0.3, -0.25) is 0 Å². The first-order valence-corrected chi connectivity index (χ1v) is 8.28. The maximum Gasteiger partial charge on any atom is 0.334 e. The zero-order valence-electron chi connectivity index (χ0n) is 14.2. The van der Waals surface area contributed by atoms with E-state index in [0.717, 1.165) is 17.1 Å². The van der Waals surface area contributed by atoms with Gasteiger partial charge >= 0.3 is 5.97 Å². The molecule has 0 saturated carbocycles. The summed E-state index contributed by atoms with van der Waals surface area (Å²) in [6.07, 6.45) is 2.41. The molecule has 2 aromatic rings. The fourth-order valence-electron chi connectivity index (χ4n) is 3.19. The quantitative estimate of drug-likeness (QED) is 0.672. The predicted molar refractivity (Wildman–Crippen MR) is 93.4 cm³/mol. The van der Waals surface area contributed by atoms with Crippen LogP contribution in [0.4, 0.5) is 0 Å². The van der Waals surface area contributed by atoms with Gasteiger partial charge in [0.2, 0.25) is 6.79 Å². The van der Waals surface area contributed by atoms with E-state index in [1.54, 1.807) is 24.3 Å². The van der Waals surface area contributed by atoms with Crippen molar-refractivity contribution in [3.05, 3.63) is 53.1 Å². The fraction of sp³-hybridized carbons (Fsp3) is 0.250. The minimum absolute atomic E-state index is 0.0283. The maximum atomic E-state index is 12.2. The van der Waals surface area contributed by atoms with Crippen LogP contribution < -0.4 is 14.2 Å². The van der Waals surface area contributed by atoms with Crippen LogP contribution in [0.2, 0.25) is 0 Å². The number of hydrogen-bond donors (Lipinski definition) is 1. The van der Waals surface area contributed by atoms with E-state index < -0.39 is 0 Å². The lowest BCUT2D eigenvalue weighted by atomic mass is 9.92. The Hall–Kier alpha value is -3.15. The van der Waals surface area contributed by atoms with Crippen LogP contribution in [0, 0.1) is 5.92 Å². The van der Waals surface area contributed by atoms with E-state index in [-0.39, 0.29) is 24.4 Å². The van der Waals surface area contributed by atoms with E-state index in [9.17, 15) is 9.90 Å². The lowest BCUT2D eigenvalue weighted by molar-refractivity contribution is -0.135. The second-order valence-electron chi connectivity index (χ2n) is 6.22. The number of fused-ring (bicyclic) bond motifs is 1. The summed E-state index contributed by atoms with van der Waals surface area (Å²) >= 11 is 0. The lowest BCUT2D eigenvalue weighted by Crippen LogP contribution is -2.07. The summed E-state index contributed by atoms with van der Waals surface area (Å²) in [7, 11) is 1.49. The molecule has 4 rings (SSSR count). The smallest absolute Gasteiger partial charge is 0.334 e. The number of benzene rings is 2. The zero-order chi connectivity index (χ0) is 18.1. The van der Waals surface area contributed by atoms with Gasteiger partial charge in [0, 0.05) is 11.5 Å². The number of cyclic esters (lactones) is 1. The van der Waals surface area contributed by atoms with Crippen molar-refractivity contribution in [2.24, 2.45) is 5.92 Å². The largest absolute Gasteiger partial charge is 0.504 e. The summed E-state index contributed by atoms with van der Waals surface area (Å²) in [6, 6.07) is 10.8. The van der Waals surface area contributed by atoms with E-state index >= 15 is 0 Å². The zero-order valence-corrected chi connectivity index (χ0v) is 14.2. The Morgan fingerprint density at radius 1 is 1.15 bits per heavy atom. The van der Waals surface area contributed by atoms with Gasteiger partial charge in [-0.25, -0.2) is 4.79 Å². The second-order valence-corrected chi connectivity index (χ2v) is 6.22. The molecular formula is C20H18O6. The molecule has 0 amide bonds. The summed E-state index contributed by atoms with van der Waals surface area (Å²) in [5.41, 5.74) is 2.35. The molecule has 134 valence electrons. The highest BCUT2D eigenvalue weighted by molar-refractivity contribution is 5.96. The first-order valence-electron chi connectivity index (χ1n) is 8.28. The van der Waals surface area contributed by atoms with E-state index in [0.29, 0.717) is 29.9 Å². The number of carbonyl (C=O) groups excluding carboxylic acids is 1. The molecule has 1 N–H and O–H groups in total. The third-order valence-electron chi connectivity index (χ3n) is 4.54. The Morgan fingerprint density at radius 3 is 2.81 bits per heavy atom. The summed E-state index contributed by atoms with van der Waals surface area (Å²) in [6.45, 7) is 0.567. The van der Waals surface area contributed by atoms with Gasteiger partial charge in [-0.05, 0) is 47.9 Å². The Bertz CT molecular complexity index is 886. The molecule has 2 heterocycles. The number of aromatic hydroxyl groups is 1. The highest BCUT2D eigenvalue weighted by atomic mass is 16.7. The molecular weight excluding hydrogens is 336 g/mol. The van der Waals surface area contributed by atoms with E-state index in [2.05, 4.69) is 0 Å². The highest BCUT2D eigenvalue weighted by Gasteiger charge is 2.31. The van der Waals surface area contributed by atoms with Gasteiger partial charge in [-0.2, -0.15) is 0 Å². The molecule has 0 aromatic heterocycles. The minimum Gasteiger partial charge on any atom is -0.504 e. The van der Waals surface area contributed by atoms with Crippen molar-refractivity contribution in [3.8, 4) is 23.0 Å². The molecule has 6 heteroatoms. The van der Waals surface area contributed by atoms with E-state index in [1.165, 1.54) is 7.11 Å². The molecule has 0 radical (unpaired) electrons. The van der Waals surface area contributed by atoms with Gasteiger partial charge in [0.25, 0.3) is 0 Å². The molecule has 2 aliphatic heterocycles. The third kappa shape index (κ3) is 3.06. The molecule has 1 saturated heterocycles. The fourth-order valence-corrected chi connectivity index (χ4v) is 3.19. The molecule has 1 fully saturated rings. The first-order chi connectivity index (χ1) is 12.6. The van der Waals surface area contributed by atoms with Crippen LogP contribution >= 0.6 is 0 Å². The van der Waals surface area contributed by atoms with Gasteiger partial charge < -0.3 is 24.1 Å².